The Labute approximate surface area is 95.0 Å². The lowest BCUT2D eigenvalue weighted by molar-refractivity contribution is 0.107. The predicted molar refractivity (Wildman–Crippen MR) is 61.5 cm³/mol. The topological polar surface area (TPSA) is 38.5 Å². The lowest BCUT2D eigenvalue weighted by Gasteiger charge is -2.16. The van der Waals surface area contributed by atoms with E-state index >= 15 is 0 Å². The molecule has 1 aliphatic rings. The molecular weight excluding hydrogens is 207 g/mol. The van der Waals surface area contributed by atoms with E-state index in [2.05, 4.69) is 4.90 Å². The lowest BCUT2D eigenvalue weighted by Crippen LogP contribution is -2.22. The molecule has 1 saturated heterocycles. The van der Waals surface area contributed by atoms with Crippen LogP contribution in [0.25, 0.3) is 0 Å². The van der Waals surface area contributed by atoms with Gasteiger partial charge in [-0.25, -0.2) is 4.39 Å². The van der Waals surface area contributed by atoms with Crippen LogP contribution in [0.4, 0.5) is 10.1 Å². The number of benzene rings is 1. The fourth-order valence-electron chi connectivity index (χ4n) is 2.07. The SMILES string of the molecule is COC1CCN(Cc2ccc(N)cc2F)C1. The molecule has 1 atom stereocenters. The number of nitrogens with zero attached hydrogens (tertiary/aromatic N) is 1. The Bertz CT molecular complexity index is 370. The molecule has 1 unspecified atom stereocenters. The van der Waals surface area contributed by atoms with Crippen LogP contribution in [0, 0.1) is 5.82 Å². The Morgan fingerprint density at radius 1 is 1.56 bits per heavy atom. The van der Waals surface area contributed by atoms with Crippen molar-refractivity contribution < 1.29 is 9.13 Å². The smallest absolute Gasteiger partial charge is 0.129 e. The van der Waals surface area contributed by atoms with Crippen LogP contribution in [0.5, 0.6) is 0 Å². The Morgan fingerprint density at radius 2 is 2.38 bits per heavy atom. The largest absolute Gasteiger partial charge is 0.399 e. The Hall–Kier alpha value is -1.13. The van der Waals surface area contributed by atoms with E-state index in [1.165, 1.54) is 6.07 Å². The number of likely N-dealkylation sites (tertiary alicyclic amines) is 1. The molecule has 0 saturated carbocycles. The van der Waals surface area contributed by atoms with Crippen LogP contribution >= 0.6 is 0 Å². The Balaban J connectivity index is 1.99. The first kappa shape index (κ1) is 11.4. The first-order valence-corrected chi connectivity index (χ1v) is 5.48. The van der Waals surface area contributed by atoms with Crippen molar-refractivity contribution >= 4 is 5.69 Å². The molecule has 0 radical (unpaired) electrons. The third-order valence-corrected chi connectivity index (χ3v) is 3.03. The summed E-state index contributed by atoms with van der Waals surface area (Å²) in [6.45, 7) is 2.47. The second-order valence-electron chi connectivity index (χ2n) is 4.23. The molecule has 4 heteroatoms. The molecule has 0 aromatic heterocycles. The number of halogens is 1. The summed E-state index contributed by atoms with van der Waals surface area (Å²) >= 11 is 0. The molecular formula is C12H17FN2O. The van der Waals surface area contributed by atoms with Gasteiger partial charge in [-0.3, -0.25) is 4.90 Å². The van der Waals surface area contributed by atoms with Gasteiger partial charge < -0.3 is 10.5 Å². The highest BCUT2D eigenvalue weighted by molar-refractivity contribution is 5.40. The number of methoxy groups -OCH3 is 1. The Morgan fingerprint density at radius 3 is 3.00 bits per heavy atom. The highest BCUT2D eigenvalue weighted by Gasteiger charge is 2.22. The minimum absolute atomic E-state index is 0.221. The van der Waals surface area contributed by atoms with Crippen LogP contribution in [0.3, 0.4) is 0 Å². The summed E-state index contributed by atoms with van der Waals surface area (Å²) < 4.78 is 18.8. The van der Waals surface area contributed by atoms with Crippen molar-refractivity contribution in [2.45, 2.75) is 19.1 Å². The van der Waals surface area contributed by atoms with Crippen molar-refractivity contribution in [1.82, 2.24) is 4.90 Å². The van der Waals surface area contributed by atoms with Gasteiger partial charge in [0.05, 0.1) is 6.10 Å². The molecule has 16 heavy (non-hydrogen) atoms. The maximum absolute atomic E-state index is 13.5. The second kappa shape index (κ2) is 4.80. The highest BCUT2D eigenvalue weighted by atomic mass is 19.1. The third-order valence-electron chi connectivity index (χ3n) is 3.03. The van der Waals surface area contributed by atoms with E-state index in [-0.39, 0.29) is 11.9 Å². The van der Waals surface area contributed by atoms with E-state index < -0.39 is 0 Å². The molecule has 1 heterocycles. The molecule has 0 bridgehead atoms. The number of hydrogen-bond donors (Lipinski definition) is 1. The zero-order valence-electron chi connectivity index (χ0n) is 9.45. The highest BCUT2D eigenvalue weighted by Crippen LogP contribution is 2.18. The van der Waals surface area contributed by atoms with Gasteiger partial charge in [0.15, 0.2) is 0 Å². The van der Waals surface area contributed by atoms with Crippen molar-refractivity contribution in [3.05, 3.63) is 29.6 Å². The minimum atomic E-state index is -0.221. The van der Waals surface area contributed by atoms with Gasteiger partial charge in [-0.2, -0.15) is 0 Å². The molecule has 1 aromatic rings. The van der Waals surface area contributed by atoms with E-state index in [1.807, 2.05) is 0 Å². The van der Waals surface area contributed by atoms with E-state index in [9.17, 15) is 4.39 Å². The molecule has 1 aromatic carbocycles. The monoisotopic (exact) mass is 224 g/mol. The first-order chi connectivity index (χ1) is 7.69. The van der Waals surface area contributed by atoms with Crippen LogP contribution in [-0.2, 0) is 11.3 Å². The van der Waals surface area contributed by atoms with E-state index in [1.54, 1.807) is 19.2 Å². The van der Waals surface area contributed by atoms with Gasteiger partial charge in [0.1, 0.15) is 5.82 Å². The zero-order valence-corrected chi connectivity index (χ0v) is 9.45. The molecule has 0 aliphatic carbocycles. The van der Waals surface area contributed by atoms with E-state index in [4.69, 9.17) is 10.5 Å². The molecule has 1 fully saturated rings. The van der Waals surface area contributed by atoms with Crippen molar-refractivity contribution in [1.29, 1.82) is 0 Å². The Kier molecular flexibility index (Phi) is 3.41. The van der Waals surface area contributed by atoms with Crippen LogP contribution < -0.4 is 5.73 Å². The third kappa shape index (κ3) is 2.51. The zero-order chi connectivity index (χ0) is 11.5. The first-order valence-electron chi connectivity index (χ1n) is 5.48. The fraction of sp³-hybridized carbons (Fsp3) is 0.500. The van der Waals surface area contributed by atoms with Gasteiger partial charge in [0.2, 0.25) is 0 Å². The second-order valence-corrected chi connectivity index (χ2v) is 4.23. The van der Waals surface area contributed by atoms with Crippen LogP contribution in [-0.4, -0.2) is 31.2 Å². The minimum Gasteiger partial charge on any atom is -0.399 e. The number of rotatable bonds is 3. The molecule has 0 amide bonds. The van der Waals surface area contributed by atoms with Crippen LogP contribution in [0.1, 0.15) is 12.0 Å². The average molecular weight is 224 g/mol. The summed E-state index contributed by atoms with van der Waals surface area (Å²) in [6, 6.07) is 4.87. The molecule has 0 spiro atoms. The van der Waals surface area contributed by atoms with Gasteiger partial charge in [-0.15, -0.1) is 0 Å². The molecule has 3 nitrogen and oxygen atoms in total. The average Bonchev–Trinajstić information content (AvgIpc) is 2.70. The number of nitrogen functional groups attached to an aromatic ring is 1. The van der Waals surface area contributed by atoms with Gasteiger partial charge in [0.25, 0.3) is 0 Å². The molecule has 2 N–H and O–H groups in total. The number of hydrogen-bond acceptors (Lipinski definition) is 3. The number of anilines is 1. The normalized spacial score (nSPS) is 21.5. The van der Waals surface area contributed by atoms with E-state index in [0.717, 1.165) is 19.5 Å². The lowest BCUT2D eigenvalue weighted by atomic mass is 10.2. The van der Waals surface area contributed by atoms with Gasteiger partial charge in [-0.1, -0.05) is 6.07 Å². The molecule has 1 aliphatic heterocycles. The van der Waals surface area contributed by atoms with Crippen LogP contribution in [0.15, 0.2) is 18.2 Å². The van der Waals surface area contributed by atoms with Crippen molar-refractivity contribution in [3.8, 4) is 0 Å². The van der Waals surface area contributed by atoms with Crippen LogP contribution in [0.2, 0.25) is 0 Å². The van der Waals surface area contributed by atoms with Crippen molar-refractivity contribution in [2.24, 2.45) is 0 Å². The summed E-state index contributed by atoms with van der Waals surface area (Å²) in [6.07, 6.45) is 1.31. The van der Waals surface area contributed by atoms with Crippen molar-refractivity contribution in [2.75, 3.05) is 25.9 Å². The maximum atomic E-state index is 13.5. The van der Waals surface area contributed by atoms with Crippen molar-refractivity contribution in [3.63, 3.8) is 0 Å². The fourth-order valence-corrected chi connectivity index (χ4v) is 2.07. The summed E-state index contributed by atoms with van der Waals surface area (Å²) in [5.41, 5.74) is 6.68. The molecule has 2 rings (SSSR count). The van der Waals surface area contributed by atoms with E-state index in [0.29, 0.717) is 17.8 Å². The summed E-state index contributed by atoms with van der Waals surface area (Å²) in [5, 5.41) is 0. The maximum Gasteiger partial charge on any atom is 0.129 e. The standard InChI is InChI=1S/C12H17FN2O/c1-16-11-4-5-15(8-11)7-9-2-3-10(14)6-12(9)13/h2-3,6,11H,4-5,7-8,14H2,1H3. The molecule has 88 valence electrons. The van der Waals surface area contributed by atoms with Gasteiger partial charge >= 0.3 is 0 Å². The summed E-state index contributed by atoms with van der Waals surface area (Å²) in [7, 11) is 1.72. The number of nitrogens with two attached hydrogens (primary N) is 1. The number of ether oxygens (including phenoxy) is 1. The van der Waals surface area contributed by atoms with Gasteiger partial charge in [-0.05, 0) is 18.6 Å². The van der Waals surface area contributed by atoms with Gasteiger partial charge in [0, 0.05) is 38.0 Å². The predicted octanol–water partition coefficient (Wildman–Crippen LogP) is 1.63. The quantitative estimate of drug-likeness (QED) is 0.793. The summed E-state index contributed by atoms with van der Waals surface area (Å²) in [4.78, 5) is 2.20. The summed E-state index contributed by atoms with van der Waals surface area (Å²) in [5.74, 6) is -0.221.